The maximum absolute atomic E-state index is 13.5. The van der Waals surface area contributed by atoms with Crippen molar-refractivity contribution < 1.29 is 13.7 Å². The minimum Gasteiger partial charge on any atom is -0.334 e. The van der Waals surface area contributed by atoms with Crippen molar-refractivity contribution in [2.24, 2.45) is 5.92 Å². The third kappa shape index (κ3) is 3.97. The summed E-state index contributed by atoms with van der Waals surface area (Å²) in [6.45, 7) is 2.02. The lowest BCUT2D eigenvalue weighted by molar-refractivity contribution is -0.117. The Bertz CT molecular complexity index is 1250. The number of halogens is 1. The second kappa shape index (κ2) is 7.80. The van der Waals surface area contributed by atoms with Gasteiger partial charge >= 0.3 is 0 Å². The van der Waals surface area contributed by atoms with Crippen LogP contribution in [0.5, 0.6) is 0 Å². The summed E-state index contributed by atoms with van der Waals surface area (Å²) in [6, 6.07) is 21.6. The van der Waals surface area contributed by atoms with Crippen LogP contribution >= 0.6 is 0 Å². The van der Waals surface area contributed by atoms with Gasteiger partial charge in [-0.2, -0.15) is 4.98 Å². The number of hydrogen-bond donors (Lipinski definition) is 1. The van der Waals surface area contributed by atoms with E-state index in [0.717, 1.165) is 16.7 Å². The maximum Gasteiger partial charge on any atom is 0.260 e. The maximum atomic E-state index is 13.5. The molecular weight excluding hydrogens is 393 g/mol. The molecule has 2 unspecified atom stereocenters. The number of anilines is 1. The second-order valence-corrected chi connectivity index (χ2v) is 7.83. The van der Waals surface area contributed by atoms with E-state index in [9.17, 15) is 9.18 Å². The fraction of sp³-hybridized carbons (Fsp3) is 0.160. The van der Waals surface area contributed by atoms with Crippen LogP contribution in [-0.4, -0.2) is 16.0 Å². The highest BCUT2D eigenvalue weighted by Crippen LogP contribution is 2.48. The molecule has 0 aliphatic heterocycles. The Hall–Kier alpha value is -3.80. The van der Waals surface area contributed by atoms with Gasteiger partial charge in [-0.15, -0.1) is 0 Å². The van der Waals surface area contributed by atoms with E-state index in [2.05, 4.69) is 15.5 Å². The van der Waals surface area contributed by atoms with Crippen LogP contribution in [0.4, 0.5) is 10.1 Å². The number of carbonyl (C=O) groups is 1. The van der Waals surface area contributed by atoms with Gasteiger partial charge in [0.25, 0.3) is 5.89 Å². The van der Waals surface area contributed by atoms with Gasteiger partial charge in [-0.1, -0.05) is 59.3 Å². The molecule has 0 bridgehead atoms. The molecule has 1 heterocycles. The van der Waals surface area contributed by atoms with Crippen molar-refractivity contribution in [2.75, 3.05) is 5.32 Å². The number of aryl methyl sites for hydroxylation is 1. The zero-order chi connectivity index (χ0) is 21.4. The van der Waals surface area contributed by atoms with Crippen molar-refractivity contribution >= 4 is 11.6 Å². The molecule has 1 fully saturated rings. The van der Waals surface area contributed by atoms with E-state index in [0.29, 0.717) is 29.4 Å². The molecule has 1 aliphatic carbocycles. The van der Waals surface area contributed by atoms with Crippen LogP contribution in [-0.2, 0) is 4.79 Å². The van der Waals surface area contributed by atoms with Crippen LogP contribution in [0.2, 0.25) is 0 Å². The van der Waals surface area contributed by atoms with E-state index in [4.69, 9.17) is 4.52 Å². The highest BCUT2D eigenvalue weighted by atomic mass is 19.1. The van der Waals surface area contributed by atoms with Crippen molar-refractivity contribution in [3.63, 3.8) is 0 Å². The van der Waals surface area contributed by atoms with Crippen LogP contribution in [0, 0.1) is 18.7 Å². The normalized spacial score (nSPS) is 17.4. The molecule has 1 aromatic heterocycles. The molecular formula is C25H20FN3O2. The number of aromatic nitrogens is 2. The molecule has 5 nitrogen and oxygen atoms in total. The standard InChI is InChI=1S/C25H20FN3O2/c1-15-9-11-16(12-10-15)23-28-25(31-29-23)19-7-2-3-8-22(19)27-24(30)21-14-20(21)17-5-4-6-18(26)13-17/h2-13,20-21H,14H2,1H3,(H,27,30). The zero-order valence-electron chi connectivity index (χ0n) is 16.9. The second-order valence-electron chi connectivity index (χ2n) is 7.83. The molecule has 0 spiro atoms. The largest absolute Gasteiger partial charge is 0.334 e. The topological polar surface area (TPSA) is 68.0 Å². The quantitative estimate of drug-likeness (QED) is 0.463. The highest BCUT2D eigenvalue weighted by Gasteiger charge is 2.44. The van der Waals surface area contributed by atoms with Crippen molar-refractivity contribution in [1.82, 2.24) is 10.1 Å². The molecule has 3 aromatic carbocycles. The first-order valence-electron chi connectivity index (χ1n) is 10.1. The van der Waals surface area contributed by atoms with Gasteiger partial charge < -0.3 is 9.84 Å². The number of amides is 1. The Kier molecular flexibility index (Phi) is 4.82. The molecule has 1 saturated carbocycles. The summed E-state index contributed by atoms with van der Waals surface area (Å²) in [6.07, 6.45) is 0.704. The first-order valence-corrected chi connectivity index (χ1v) is 10.1. The first kappa shape index (κ1) is 19.2. The smallest absolute Gasteiger partial charge is 0.260 e. The summed E-state index contributed by atoms with van der Waals surface area (Å²) < 4.78 is 19.0. The minimum absolute atomic E-state index is 0.0411. The number of nitrogens with one attached hydrogen (secondary N) is 1. The Morgan fingerprint density at radius 3 is 2.68 bits per heavy atom. The SMILES string of the molecule is Cc1ccc(-c2noc(-c3ccccc3NC(=O)C3CC3c3cccc(F)c3)n2)cc1. The van der Waals surface area contributed by atoms with Gasteiger partial charge in [-0.3, -0.25) is 4.79 Å². The zero-order valence-corrected chi connectivity index (χ0v) is 16.9. The number of carbonyl (C=O) groups excluding carboxylic acids is 1. The summed E-state index contributed by atoms with van der Waals surface area (Å²) >= 11 is 0. The fourth-order valence-electron chi connectivity index (χ4n) is 3.75. The first-order chi connectivity index (χ1) is 15.1. The molecule has 1 N–H and O–H groups in total. The fourth-order valence-corrected chi connectivity index (χ4v) is 3.75. The van der Waals surface area contributed by atoms with E-state index in [-0.39, 0.29) is 23.6 Å². The highest BCUT2D eigenvalue weighted by molar-refractivity contribution is 5.98. The molecule has 2 atom stereocenters. The molecule has 6 heteroatoms. The Balaban J connectivity index is 1.34. The van der Waals surface area contributed by atoms with Crippen molar-refractivity contribution in [3.05, 3.63) is 89.7 Å². The minimum atomic E-state index is -0.283. The summed E-state index contributed by atoms with van der Waals surface area (Å²) in [7, 11) is 0. The Morgan fingerprint density at radius 2 is 1.87 bits per heavy atom. The van der Waals surface area contributed by atoms with Crippen LogP contribution in [0.25, 0.3) is 22.8 Å². The third-order valence-corrected chi connectivity index (χ3v) is 5.56. The summed E-state index contributed by atoms with van der Waals surface area (Å²) in [5.74, 6) is 0.308. The number of rotatable bonds is 5. The lowest BCUT2D eigenvalue weighted by Gasteiger charge is -2.08. The van der Waals surface area contributed by atoms with Crippen molar-refractivity contribution in [3.8, 4) is 22.8 Å². The monoisotopic (exact) mass is 413 g/mol. The van der Waals surface area contributed by atoms with E-state index in [1.807, 2.05) is 61.5 Å². The molecule has 154 valence electrons. The van der Waals surface area contributed by atoms with E-state index in [1.54, 1.807) is 6.07 Å². The van der Waals surface area contributed by atoms with Crippen molar-refractivity contribution in [1.29, 1.82) is 0 Å². The van der Waals surface area contributed by atoms with Crippen LogP contribution in [0.3, 0.4) is 0 Å². The summed E-state index contributed by atoms with van der Waals surface area (Å²) in [5.41, 5.74) is 4.13. The third-order valence-electron chi connectivity index (χ3n) is 5.56. The van der Waals surface area contributed by atoms with Gasteiger partial charge in [0.1, 0.15) is 5.82 Å². The van der Waals surface area contributed by atoms with Gasteiger partial charge in [0.2, 0.25) is 11.7 Å². The van der Waals surface area contributed by atoms with Crippen LogP contribution < -0.4 is 5.32 Å². The van der Waals surface area contributed by atoms with Gasteiger partial charge in [-0.25, -0.2) is 4.39 Å². The molecule has 31 heavy (non-hydrogen) atoms. The van der Waals surface area contributed by atoms with Gasteiger partial charge in [0.15, 0.2) is 0 Å². The van der Waals surface area contributed by atoms with E-state index in [1.165, 1.54) is 12.1 Å². The van der Waals surface area contributed by atoms with Gasteiger partial charge in [-0.05, 0) is 49.1 Å². The van der Waals surface area contributed by atoms with Crippen LogP contribution in [0.1, 0.15) is 23.5 Å². The average Bonchev–Trinajstić information content (AvgIpc) is 3.44. The summed E-state index contributed by atoms with van der Waals surface area (Å²) in [4.78, 5) is 17.3. The number of benzene rings is 3. The Morgan fingerprint density at radius 1 is 1.06 bits per heavy atom. The molecule has 1 amide bonds. The molecule has 1 aliphatic rings. The lowest BCUT2D eigenvalue weighted by atomic mass is 10.1. The predicted molar refractivity (Wildman–Crippen MR) is 116 cm³/mol. The van der Waals surface area contributed by atoms with Gasteiger partial charge in [0.05, 0.1) is 11.3 Å². The summed E-state index contributed by atoms with van der Waals surface area (Å²) in [5, 5.41) is 7.07. The van der Waals surface area contributed by atoms with E-state index >= 15 is 0 Å². The molecule has 5 rings (SSSR count). The molecule has 4 aromatic rings. The lowest BCUT2D eigenvalue weighted by Crippen LogP contribution is -2.15. The number of nitrogens with zero attached hydrogens (tertiary/aromatic N) is 2. The van der Waals surface area contributed by atoms with Crippen LogP contribution in [0.15, 0.2) is 77.3 Å². The number of para-hydroxylation sites is 1. The van der Waals surface area contributed by atoms with E-state index < -0.39 is 0 Å². The molecule has 0 saturated heterocycles. The van der Waals surface area contributed by atoms with Gasteiger partial charge in [0, 0.05) is 11.5 Å². The Labute approximate surface area is 178 Å². The van der Waals surface area contributed by atoms with Crippen molar-refractivity contribution in [2.45, 2.75) is 19.3 Å². The predicted octanol–water partition coefficient (Wildman–Crippen LogP) is 5.59. The molecule has 0 radical (unpaired) electrons. The average molecular weight is 413 g/mol. The number of hydrogen-bond acceptors (Lipinski definition) is 4.